The molecule has 4 rings (SSSR count). The van der Waals surface area contributed by atoms with Crippen molar-refractivity contribution in [1.82, 2.24) is 4.57 Å². The van der Waals surface area contributed by atoms with Crippen molar-refractivity contribution in [2.45, 2.75) is 44.8 Å². The van der Waals surface area contributed by atoms with Gasteiger partial charge in [-0.2, -0.15) is 0 Å². The molecule has 1 aromatic heterocycles. The maximum Gasteiger partial charge on any atom is 0.250 e. The highest BCUT2D eigenvalue weighted by atomic mass is 16.5. The van der Waals surface area contributed by atoms with Gasteiger partial charge in [-0.05, 0) is 49.5 Å². The molecule has 1 aromatic rings. The smallest absolute Gasteiger partial charge is 0.250 e. The molecule has 3 aliphatic rings. The topological polar surface area (TPSA) is 73.0 Å². The fourth-order valence-corrected chi connectivity index (χ4v) is 4.28. The quantitative estimate of drug-likeness (QED) is 0.869. The summed E-state index contributed by atoms with van der Waals surface area (Å²) in [5, 5.41) is 10.2. The molecule has 0 spiro atoms. The molecular formula is C22H26N2O4. The third-order valence-electron chi connectivity index (χ3n) is 5.67. The van der Waals surface area contributed by atoms with Crippen LogP contribution in [0.25, 0.3) is 0 Å². The number of dihydropyridines is 1. The van der Waals surface area contributed by atoms with Crippen LogP contribution in [0.3, 0.4) is 0 Å². The minimum Gasteiger partial charge on any atom is -0.494 e. The van der Waals surface area contributed by atoms with Crippen LogP contribution in [-0.2, 0) is 16.5 Å². The normalized spacial score (nSPS) is 24.3. The summed E-state index contributed by atoms with van der Waals surface area (Å²) in [6.07, 6.45) is 6.34. The number of pyridine rings is 1. The number of rotatable bonds is 4. The van der Waals surface area contributed by atoms with Gasteiger partial charge in [0.15, 0.2) is 5.76 Å². The summed E-state index contributed by atoms with van der Waals surface area (Å²) >= 11 is 0. The SMILES string of the molecule is CCOC1=C(OC)C=C2C(c3ccc(=O)n(C)c3)=N[C@@H]3CC[C@@H](O)CC3=C2C1. The number of aryl methyl sites for hydroxylation is 1. The number of fused-ring (bicyclic) bond motifs is 2. The average Bonchev–Trinajstić information content (AvgIpc) is 2.69. The molecule has 0 unspecified atom stereocenters. The van der Waals surface area contributed by atoms with E-state index >= 15 is 0 Å². The standard InChI is InChI=1S/C22H26N2O4/c1-4-28-20-10-15-16-9-14(25)6-7-18(16)23-22(17(15)11-19(20)27-3)13-5-8-21(26)24(2)12-13/h5,8,11-12,14,18,25H,4,6-7,9-10H2,1-3H3/t14-,18-/m1/s1. The Morgan fingerprint density at radius 1 is 1.32 bits per heavy atom. The number of aliphatic hydroxyl groups excluding tert-OH is 1. The molecular weight excluding hydrogens is 356 g/mol. The van der Waals surface area contributed by atoms with Gasteiger partial charge in [-0.25, -0.2) is 0 Å². The zero-order chi connectivity index (χ0) is 19.8. The maximum atomic E-state index is 11.8. The molecule has 28 heavy (non-hydrogen) atoms. The van der Waals surface area contributed by atoms with Crippen LogP contribution in [-0.4, -0.2) is 41.2 Å². The van der Waals surface area contributed by atoms with E-state index in [2.05, 4.69) is 0 Å². The van der Waals surface area contributed by atoms with Gasteiger partial charge in [0.2, 0.25) is 5.56 Å². The van der Waals surface area contributed by atoms with Crippen molar-refractivity contribution in [1.29, 1.82) is 0 Å². The van der Waals surface area contributed by atoms with Crippen LogP contribution in [0.5, 0.6) is 0 Å². The van der Waals surface area contributed by atoms with E-state index in [4.69, 9.17) is 14.5 Å². The first-order chi connectivity index (χ1) is 13.5. The summed E-state index contributed by atoms with van der Waals surface area (Å²) in [7, 11) is 3.39. The summed E-state index contributed by atoms with van der Waals surface area (Å²) in [5.41, 5.74) is 5.11. The molecule has 0 aromatic carbocycles. The van der Waals surface area contributed by atoms with Gasteiger partial charge in [-0.15, -0.1) is 0 Å². The van der Waals surface area contributed by atoms with Gasteiger partial charge in [0.05, 0.1) is 31.6 Å². The van der Waals surface area contributed by atoms with E-state index in [0.717, 1.165) is 35.4 Å². The van der Waals surface area contributed by atoms with Crippen LogP contribution in [0, 0.1) is 0 Å². The zero-order valence-electron chi connectivity index (χ0n) is 16.6. The fourth-order valence-electron chi connectivity index (χ4n) is 4.28. The lowest BCUT2D eigenvalue weighted by Crippen LogP contribution is -2.32. The molecule has 1 saturated carbocycles. The Bertz CT molecular complexity index is 980. The number of aromatic nitrogens is 1. The second-order valence-corrected chi connectivity index (χ2v) is 7.46. The van der Waals surface area contributed by atoms with Gasteiger partial charge < -0.3 is 19.1 Å². The summed E-state index contributed by atoms with van der Waals surface area (Å²) in [5.74, 6) is 1.52. The molecule has 2 atom stereocenters. The molecule has 1 aliphatic heterocycles. The van der Waals surface area contributed by atoms with Crippen molar-refractivity contribution >= 4 is 5.71 Å². The fraction of sp³-hybridized carbons (Fsp3) is 0.455. The number of hydrogen-bond acceptors (Lipinski definition) is 5. The average molecular weight is 382 g/mol. The Balaban J connectivity index is 1.88. The van der Waals surface area contributed by atoms with Crippen LogP contribution < -0.4 is 5.56 Å². The van der Waals surface area contributed by atoms with E-state index in [1.165, 1.54) is 11.1 Å². The predicted octanol–water partition coefficient (Wildman–Crippen LogP) is 2.62. The number of allylic oxidation sites excluding steroid dienone is 3. The number of hydrogen-bond donors (Lipinski definition) is 1. The Labute approximate surface area is 164 Å². The van der Waals surface area contributed by atoms with E-state index < -0.39 is 0 Å². The van der Waals surface area contributed by atoms with E-state index in [1.54, 1.807) is 24.8 Å². The third kappa shape index (κ3) is 3.22. The Morgan fingerprint density at radius 3 is 2.86 bits per heavy atom. The third-order valence-corrected chi connectivity index (χ3v) is 5.67. The lowest BCUT2D eigenvalue weighted by atomic mass is 9.76. The first-order valence-corrected chi connectivity index (χ1v) is 9.79. The Morgan fingerprint density at radius 2 is 2.14 bits per heavy atom. The van der Waals surface area contributed by atoms with E-state index in [1.807, 2.05) is 25.3 Å². The van der Waals surface area contributed by atoms with E-state index in [9.17, 15) is 9.90 Å². The first kappa shape index (κ1) is 18.7. The molecule has 2 aliphatic carbocycles. The molecule has 6 heteroatoms. The first-order valence-electron chi connectivity index (χ1n) is 9.79. The van der Waals surface area contributed by atoms with Crippen molar-refractivity contribution < 1.29 is 14.6 Å². The van der Waals surface area contributed by atoms with Crippen LogP contribution in [0.15, 0.2) is 62.4 Å². The zero-order valence-corrected chi connectivity index (χ0v) is 16.6. The van der Waals surface area contributed by atoms with Crippen LogP contribution >= 0.6 is 0 Å². The Hall–Kier alpha value is -2.60. The van der Waals surface area contributed by atoms with Gasteiger partial charge in [0.25, 0.3) is 0 Å². The number of methoxy groups -OCH3 is 1. The van der Waals surface area contributed by atoms with Crippen molar-refractivity contribution in [3.63, 3.8) is 0 Å². The molecule has 0 saturated heterocycles. The van der Waals surface area contributed by atoms with Crippen LogP contribution in [0.4, 0.5) is 0 Å². The number of aliphatic hydroxyl groups is 1. The van der Waals surface area contributed by atoms with Gasteiger partial charge in [0, 0.05) is 36.9 Å². The van der Waals surface area contributed by atoms with Gasteiger partial charge >= 0.3 is 0 Å². The van der Waals surface area contributed by atoms with Gasteiger partial charge in [0.1, 0.15) is 5.76 Å². The monoisotopic (exact) mass is 382 g/mol. The number of ether oxygens (including phenoxy) is 2. The van der Waals surface area contributed by atoms with E-state index in [-0.39, 0.29) is 17.7 Å². The van der Waals surface area contributed by atoms with E-state index in [0.29, 0.717) is 25.2 Å². The van der Waals surface area contributed by atoms with Crippen LogP contribution in [0.2, 0.25) is 0 Å². The largest absolute Gasteiger partial charge is 0.494 e. The molecule has 0 radical (unpaired) electrons. The summed E-state index contributed by atoms with van der Waals surface area (Å²) < 4.78 is 13.0. The molecule has 6 nitrogen and oxygen atoms in total. The summed E-state index contributed by atoms with van der Waals surface area (Å²) in [6, 6.07) is 3.47. The maximum absolute atomic E-state index is 11.8. The highest BCUT2D eigenvalue weighted by Gasteiger charge is 2.36. The molecule has 2 heterocycles. The molecule has 1 fully saturated rings. The summed E-state index contributed by atoms with van der Waals surface area (Å²) in [4.78, 5) is 16.9. The van der Waals surface area contributed by atoms with Gasteiger partial charge in [-0.3, -0.25) is 9.79 Å². The summed E-state index contributed by atoms with van der Waals surface area (Å²) in [6.45, 7) is 2.53. The van der Waals surface area contributed by atoms with Gasteiger partial charge in [-0.1, -0.05) is 0 Å². The second-order valence-electron chi connectivity index (χ2n) is 7.46. The molecule has 148 valence electrons. The highest BCUT2D eigenvalue weighted by molar-refractivity contribution is 6.16. The highest BCUT2D eigenvalue weighted by Crippen LogP contribution is 2.42. The lowest BCUT2D eigenvalue weighted by molar-refractivity contribution is 0.143. The van der Waals surface area contributed by atoms with Crippen molar-refractivity contribution in [2.24, 2.45) is 12.0 Å². The minimum absolute atomic E-state index is 0.0499. The number of aliphatic imine (C=N–C) groups is 1. The minimum atomic E-state index is -0.322. The Kier molecular flexibility index (Phi) is 4.98. The molecule has 1 N–H and O–H groups in total. The van der Waals surface area contributed by atoms with Crippen LogP contribution in [0.1, 0.15) is 38.2 Å². The van der Waals surface area contributed by atoms with Crippen molar-refractivity contribution in [2.75, 3.05) is 13.7 Å². The van der Waals surface area contributed by atoms with Crippen molar-refractivity contribution in [3.8, 4) is 0 Å². The molecule has 0 amide bonds. The lowest BCUT2D eigenvalue weighted by Gasteiger charge is -2.36. The molecule has 0 bridgehead atoms. The second kappa shape index (κ2) is 7.43. The number of nitrogens with zero attached hydrogens (tertiary/aromatic N) is 2. The predicted molar refractivity (Wildman–Crippen MR) is 107 cm³/mol. The van der Waals surface area contributed by atoms with Crippen molar-refractivity contribution in [3.05, 3.63) is 68.6 Å².